The van der Waals surface area contributed by atoms with E-state index in [1.165, 1.54) is 21.4 Å². The highest BCUT2D eigenvalue weighted by Gasteiger charge is 2.24. The lowest BCUT2D eigenvalue weighted by Crippen LogP contribution is -2.39. The second-order valence-corrected chi connectivity index (χ2v) is 10.6. The van der Waals surface area contributed by atoms with E-state index < -0.39 is 0 Å². The van der Waals surface area contributed by atoms with Gasteiger partial charge in [-0.3, -0.25) is 9.36 Å². The van der Waals surface area contributed by atoms with Gasteiger partial charge in [0.05, 0.1) is 17.6 Å². The summed E-state index contributed by atoms with van der Waals surface area (Å²) < 4.78 is 3.14. The minimum absolute atomic E-state index is 0.217. The molecule has 1 aliphatic carbocycles. The highest BCUT2D eigenvalue weighted by Crippen LogP contribution is 2.34. The third-order valence-electron chi connectivity index (χ3n) is 6.73. The van der Waals surface area contributed by atoms with E-state index in [0.29, 0.717) is 22.6 Å². The highest BCUT2D eigenvalue weighted by atomic mass is 35.5. The minimum Gasteiger partial charge on any atom is -0.279 e. The Labute approximate surface area is 202 Å². The Morgan fingerprint density at radius 1 is 0.939 bits per heavy atom. The van der Waals surface area contributed by atoms with Crippen molar-refractivity contribution in [2.24, 2.45) is 0 Å². The number of fused-ring (bicyclic) bond motifs is 3. The molecule has 2 aromatic heterocycles. The maximum atomic E-state index is 13.9. The summed E-state index contributed by atoms with van der Waals surface area (Å²) in [5, 5.41) is 1.29. The van der Waals surface area contributed by atoms with Gasteiger partial charge in [-0.15, -0.1) is 11.3 Å². The van der Waals surface area contributed by atoms with Gasteiger partial charge in [-0.25, -0.2) is 9.36 Å². The topological polar surface area (TPSA) is 44.0 Å². The first kappa shape index (κ1) is 22.2. The molecule has 2 heterocycles. The molecule has 0 radical (unpaired) electrons. The Morgan fingerprint density at radius 3 is 2.30 bits per heavy atom. The van der Waals surface area contributed by atoms with Crippen LogP contribution in [0.25, 0.3) is 15.9 Å². The molecule has 4 nitrogen and oxygen atoms in total. The quantitative estimate of drug-likeness (QED) is 0.333. The van der Waals surface area contributed by atoms with Crippen LogP contribution >= 0.6 is 22.9 Å². The van der Waals surface area contributed by atoms with Crippen LogP contribution in [0, 0.1) is 20.8 Å². The van der Waals surface area contributed by atoms with Crippen molar-refractivity contribution < 1.29 is 0 Å². The van der Waals surface area contributed by atoms with Gasteiger partial charge in [0, 0.05) is 9.90 Å². The first-order valence-electron chi connectivity index (χ1n) is 11.5. The number of rotatable bonds is 3. The Hall–Kier alpha value is -2.63. The van der Waals surface area contributed by atoms with Crippen LogP contribution in [0.4, 0.5) is 0 Å². The Bertz CT molecular complexity index is 1470. The van der Waals surface area contributed by atoms with Crippen molar-refractivity contribution in [1.29, 1.82) is 0 Å². The average molecular weight is 479 g/mol. The zero-order valence-corrected chi connectivity index (χ0v) is 20.8. The molecule has 0 aliphatic heterocycles. The van der Waals surface area contributed by atoms with Gasteiger partial charge in [0.25, 0.3) is 5.56 Å². The third-order valence-corrected chi connectivity index (χ3v) is 8.30. The van der Waals surface area contributed by atoms with Crippen LogP contribution in [0.15, 0.2) is 46.0 Å². The zero-order valence-electron chi connectivity index (χ0n) is 19.2. The molecule has 170 valence electrons. The molecular weight excluding hydrogens is 452 g/mol. The number of hydrogen-bond acceptors (Lipinski definition) is 3. The molecular formula is C27H27ClN2O2S. The van der Waals surface area contributed by atoms with Crippen LogP contribution in [0.5, 0.6) is 0 Å². The van der Waals surface area contributed by atoms with Crippen molar-refractivity contribution in [3.63, 3.8) is 0 Å². The molecule has 0 N–H and O–H groups in total. The summed E-state index contributed by atoms with van der Waals surface area (Å²) in [5.41, 5.74) is 5.84. The Kier molecular flexibility index (Phi) is 5.79. The number of aromatic nitrogens is 2. The number of aryl methyl sites for hydroxylation is 5. The molecule has 0 saturated carbocycles. The summed E-state index contributed by atoms with van der Waals surface area (Å²) >= 11 is 7.72. The SMILES string of the molecule is Cc1cc(C)c(Cn2c(=O)n(-c3ccc(Cl)cc3)c(=O)c3c4c(sc32)CCCCC4)c(C)c1. The number of thiophene rings is 1. The van der Waals surface area contributed by atoms with E-state index in [9.17, 15) is 9.59 Å². The lowest BCUT2D eigenvalue weighted by molar-refractivity contribution is 0.706. The maximum Gasteiger partial charge on any atom is 0.337 e. The molecule has 1 aliphatic rings. The standard InChI is InChI=1S/C27H27ClN2O2S/c1-16-13-17(2)22(18(3)14-16)15-29-26-24(21-7-5-4-6-8-23(21)33-26)25(31)30(27(29)32)20-11-9-19(28)10-12-20/h9-14H,4-8,15H2,1-3H3. The largest absolute Gasteiger partial charge is 0.337 e. The summed E-state index contributed by atoms with van der Waals surface area (Å²) in [6, 6.07) is 11.2. The van der Waals surface area contributed by atoms with E-state index in [2.05, 4.69) is 32.9 Å². The molecule has 0 spiro atoms. The van der Waals surface area contributed by atoms with E-state index in [4.69, 9.17) is 11.6 Å². The van der Waals surface area contributed by atoms with Crippen molar-refractivity contribution in [1.82, 2.24) is 9.13 Å². The lowest BCUT2D eigenvalue weighted by atomic mass is 10.00. The van der Waals surface area contributed by atoms with Crippen LogP contribution < -0.4 is 11.2 Å². The van der Waals surface area contributed by atoms with Gasteiger partial charge in [-0.2, -0.15) is 0 Å². The van der Waals surface area contributed by atoms with Gasteiger partial charge in [0.1, 0.15) is 4.83 Å². The van der Waals surface area contributed by atoms with Gasteiger partial charge in [-0.05, 0) is 93.0 Å². The number of halogens is 1. The number of hydrogen-bond donors (Lipinski definition) is 0. The predicted molar refractivity (Wildman–Crippen MR) is 138 cm³/mol. The van der Waals surface area contributed by atoms with Crippen LogP contribution in [-0.4, -0.2) is 9.13 Å². The molecule has 0 saturated heterocycles. The van der Waals surface area contributed by atoms with Crippen LogP contribution in [-0.2, 0) is 19.4 Å². The fourth-order valence-corrected chi connectivity index (χ4v) is 6.62. The summed E-state index contributed by atoms with van der Waals surface area (Å²) in [7, 11) is 0. The second kappa shape index (κ2) is 8.62. The van der Waals surface area contributed by atoms with E-state index in [0.717, 1.165) is 52.8 Å². The smallest absolute Gasteiger partial charge is 0.279 e. The number of benzene rings is 2. The molecule has 33 heavy (non-hydrogen) atoms. The molecule has 0 atom stereocenters. The van der Waals surface area contributed by atoms with Crippen molar-refractivity contribution in [2.45, 2.75) is 59.4 Å². The first-order valence-corrected chi connectivity index (χ1v) is 12.7. The molecule has 5 rings (SSSR count). The van der Waals surface area contributed by atoms with Crippen LogP contribution in [0.2, 0.25) is 5.02 Å². The fourth-order valence-electron chi connectivity index (χ4n) is 5.12. The molecule has 0 amide bonds. The zero-order chi connectivity index (χ0) is 23.3. The monoisotopic (exact) mass is 478 g/mol. The van der Waals surface area contributed by atoms with Gasteiger partial charge in [-0.1, -0.05) is 35.7 Å². The predicted octanol–water partition coefficient (Wildman–Crippen LogP) is 6.11. The van der Waals surface area contributed by atoms with Gasteiger partial charge < -0.3 is 0 Å². The molecule has 2 aromatic carbocycles. The third kappa shape index (κ3) is 3.87. The highest BCUT2D eigenvalue weighted by molar-refractivity contribution is 7.18. The van der Waals surface area contributed by atoms with Crippen LogP contribution in [0.3, 0.4) is 0 Å². The molecule has 6 heteroatoms. The normalized spacial score (nSPS) is 13.8. The van der Waals surface area contributed by atoms with Crippen molar-refractivity contribution >= 4 is 33.2 Å². The van der Waals surface area contributed by atoms with E-state index >= 15 is 0 Å². The van der Waals surface area contributed by atoms with Crippen LogP contribution in [0.1, 0.15) is 52.0 Å². The summed E-state index contributed by atoms with van der Waals surface area (Å²) in [6.45, 7) is 6.72. The number of nitrogens with zero attached hydrogens (tertiary/aromatic N) is 2. The first-order chi connectivity index (χ1) is 15.8. The lowest BCUT2D eigenvalue weighted by Gasteiger charge is -2.16. The Morgan fingerprint density at radius 2 is 1.61 bits per heavy atom. The molecule has 0 unspecified atom stereocenters. The molecule has 0 bridgehead atoms. The fraction of sp³-hybridized carbons (Fsp3) is 0.333. The van der Waals surface area contributed by atoms with E-state index in [-0.39, 0.29) is 11.2 Å². The van der Waals surface area contributed by atoms with Gasteiger partial charge in [0.15, 0.2) is 0 Å². The van der Waals surface area contributed by atoms with Crippen molar-refractivity contribution in [3.8, 4) is 5.69 Å². The summed E-state index contributed by atoms with van der Waals surface area (Å²) in [5.74, 6) is 0. The van der Waals surface area contributed by atoms with Gasteiger partial charge >= 0.3 is 5.69 Å². The summed E-state index contributed by atoms with van der Waals surface area (Å²) in [6.07, 6.45) is 5.26. The minimum atomic E-state index is -0.300. The maximum absolute atomic E-state index is 13.9. The van der Waals surface area contributed by atoms with Crippen molar-refractivity contribution in [3.05, 3.63) is 95.0 Å². The van der Waals surface area contributed by atoms with Crippen molar-refractivity contribution in [2.75, 3.05) is 0 Å². The molecule has 0 fully saturated rings. The Balaban J connectivity index is 1.84. The average Bonchev–Trinajstić information content (AvgIpc) is 2.96. The summed E-state index contributed by atoms with van der Waals surface area (Å²) in [4.78, 5) is 29.7. The second-order valence-electron chi connectivity index (χ2n) is 9.11. The van der Waals surface area contributed by atoms with E-state index in [1.807, 2.05) is 4.57 Å². The van der Waals surface area contributed by atoms with Gasteiger partial charge in [0.2, 0.25) is 0 Å². The molecule has 4 aromatic rings. The van der Waals surface area contributed by atoms with E-state index in [1.54, 1.807) is 35.6 Å².